The molecule has 6 amide bonds. The molecule has 0 aliphatic rings. The number of amides is 6. The predicted molar refractivity (Wildman–Crippen MR) is 209 cm³/mol. The molecule has 0 unspecified atom stereocenters. The lowest BCUT2D eigenvalue weighted by Gasteiger charge is -2.28. The van der Waals surface area contributed by atoms with Gasteiger partial charge in [0.25, 0.3) is 0 Å². The number of nitrogens with one attached hydrogen (secondary N) is 8. The molecule has 332 valence electrons. The average Bonchev–Trinajstić information content (AvgIpc) is 3.12. The normalized spacial score (nSPS) is 15.3. The van der Waals surface area contributed by atoms with Crippen LogP contribution in [-0.4, -0.2) is 142 Å². The molecule has 0 radical (unpaired) electrons. The lowest BCUT2D eigenvalue weighted by molar-refractivity contribution is -0.144. The number of carboxylic acids is 2. The van der Waals surface area contributed by atoms with Crippen LogP contribution in [0.5, 0.6) is 0 Å². The van der Waals surface area contributed by atoms with E-state index in [9.17, 15) is 58.8 Å². The summed E-state index contributed by atoms with van der Waals surface area (Å²) in [5.74, 6) is -9.52. The minimum Gasteiger partial charge on any atom is -0.481 e. The van der Waals surface area contributed by atoms with Gasteiger partial charge < -0.3 is 74.8 Å². The van der Waals surface area contributed by atoms with Crippen LogP contribution in [-0.2, 0) is 38.4 Å². The van der Waals surface area contributed by atoms with Crippen molar-refractivity contribution < 1.29 is 58.8 Å². The molecule has 0 spiro atoms. The van der Waals surface area contributed by atoms with Gasteiger partial charge in [0.05, 0.1) is 18.8 Å². The Hall–Kier alpha value is -5.13. The zero-order valence-electron chi connectivity index (χ0n) is 33.8. The molecular weight excluding hydrogens is 766 g/mol. The molecule has 23 nitrogen and oxygen atoms in total. The summed E-state index contributed by atoms with van der Waals surface area (Å²) in [4.78, 5) is 103. The van der Waals surface area contributed by atoms with Crippen molar-refractivity contribution in [1.29, 1.82) is 5.41 Å². The molecule has 0 fully saturated rings. The molecule has 18 N–H and O–H groups in total. The van der Waals surface area contributed by atoms with Crippen molar-refractivity contribution >= 4 is 53.3 Å². The summed E-state index contributed by atoms with van der Waals surface area (Å²) in [5, 5.41) is 63.1. The fourth-order valence-corrected chi connectivity index (χ4v) is 5.38. The van der Waals surface area contributed by atoms with Gasteiger partial charge in [0, 0.05) is 13.0 Å². The van der Waals surface area contributed by atoms with E-state index in [-0.39, 0.29) is 31.7 Å². The third-order valence-electron chi connectivity index (χ3n) is 8.65. The quantitative estimate of drug-likeness (QED) is 0.0192. The minimum absolute atomic E-state index is 0.0436. The molecule has 0 saturated carbocycles. The fraction of sp³-hybridized carbons (Fsp3) is 0.743. The fourth-order valence-electron chi connectivity index (χ4n) is 5.38. The highest BCUT2D eigenvalue weighted by molar-refractivity contribution is 5.97. The van der Waals surface area contributed by atoms with E-state index in [1.165, 1.54) is 13.8 Å². The lowest BCUT2D eigenvalue weighted by Crippen LogP contribution is -2.62. The maximum atomic E-state index is 13.7. The smallest absolute Gasteiger partial charge is 0.326 e. The zero-order chi connectivity index (χ0) is 44.7. The number of carbonyl (C=O) groups excluding carboxylic acids is 6. The van der Waals surface area contributed by atoms with E-state index in [2.05, 4.69) is 37.2 Å². The molecule has 0 saturated heterocycles. The number of aliphatic hydroxyl groups excluding tert-OH is 2. The molecule has 0 aliphatic carbocycles. The Balaban J connectivity index is 6.33. The second kappa shape index (κ2) is 27.5. The number of hydrogen-bond donors (Lipinski definition) is 15. The molecule has 0 aromatic carbocycles. The SMILES string of the molecule is CC(C)C[C@H](NC(=O)[C@@H](N)CCCCN)C(=O)N[C@@H](CCC(=O)O)C(=O)N[C@@H](CCCNC(=N)N)C(=O)N[C@@H](CO)C(=O)N[C@H](C(=O)N[C@H](C(=O)O)C(C)C)[C@@H](C)O. The van der Waals surface area contributed by atoms with Gasteiger partial charge in [-0.2, -0.15) is 0 Å². The van der Waals surface area contributed by atoms with Gasteiger partial charge in [-0.3, -0.25) is 39.0 Å². The second-order valence-corrected chi connectivity index (χ2v) is 14.7. The van der Waals surface area contributed by atoms with E-state index < -0.39 is 127 Å². The molecule has 8 atom stereocenters. The first-order valence-electron chi connectivity index (χ1n) is 19.1. The molecular formula is C35H65N11O12. The molecule has 58 heavy (non-hydrogen) atoms. The maximum absolute atomic E-state index is 13.7. The van der Waals surface area contributed by atoms with Crippen molar-refractivity contribution in [2.24, 2.45) is 29.0 Å². The van der Waals surface area contributed by atoms with Crippen molar-refractivity contribution in [3.8, 4) is 0 Å². The Morgan fingerprint density at radius 2 is 1.14 bits per heavy atom. The van der Waals surface area contributed by atoms with E-state index in [0.717, 1.165) is 6.92 Å². The molecule has 0 aliphatic heterocycles. The largest absolute Gasteiger partial charge is 0.481 e. The van der Waals surface area contributed by atoms with E-state index >= 15 is 0 Å². The van der Waals surface area contributed by atoms with Gasteiger partial charge in [-0.05, 0) is 63.8 Å². The van der Waals surface area contributed by atoms with Crippen LogP contribution in [0.15, 0.2) is 0 Å². The van der Waals surface area contributed by atoms with Crippen molar-refractivity contribution in [1.82, 2.24) is 37.2 Å². The van der Waals surface area contributed by atoms with E-state index in [4.69, 9.17) is 22.6 Å². The van der Waals surface area contributed by atoms with Crippen LogP contribution in [0.1, 0.15) is 86.0 Å². The molecule has 0 rings (SSSR count). The van der Waals surface area contributed by atoms with E-state index in [1.54, 1.807) is 13.8 Å². The number of rotatable bonds is 29. The minimum atomic E-state index is -1.78. The summed E-state index contributed by atoms with van der Waals surface area (Å²) in [6.45, 7) is 7.16. The molecule has 0 bridgehead atoms. The predicted octanol–water partition coefficient (Wildman–Crippen LogP) is -4.36. The van der Waals surface area contributed by atoms with Gasteiger partial charge in [-0.1, -0.05) is 34.1 Å². The third kappa shape index (κ3) is 20.9. The standard InChI is InChI=1S/C35H65N11O12/c1-17(2)15-23(43-28(51)20(37)9-6-7-13-36)31(54)42-22(11-12-25(49)50)30(53)41-21(10-8-14-40-35(38)39)29(52)44-24(16-47)32(55)46-27(19(5)48)33(56)45-26(18(3)4)34(57)58/h17-24,26-27,47-48H,6-16,36-37H2,1-5H3,(H,41,53)(H,42,54)(H,43,51)(H,44,52)(H,45,56)(H,46,55)(H,49,50)(H,57,58)(H4,38,39,40)/t19-,20+,21+,22+,23+,24+,26+,27+/m1/s1. The number of hydrogen-bond acceptors (Lipinski definition) is 13. The number of unbranched alkanes of at least 4 members (excludes halogenated alkanes) is 1. The third-order valence-corrected chi connectivity index (χ3v) is 8.65. The van der Waals surface area contributed by atoms with Crippen molar-refractivity contribution in [2.75, 3.05) is 19.7 Å². The summed E-state index contributed by atoms with van der Waals surface area (Å²) < 4.78 is 0. The summed E-state index contributed by atoms with van der Waals surface area (Å²) in [6.07, 6.45) is -1.09. The van der Waals surface area contributed by atoms with Crippen LogP contribution in [0.4, 0.5) is 0 Å². The number of guanidine groups is 1. The Morgan fingerprint density at radius 1 is 0.638 bits per heavy atom. The molecule has 0 aromatic rings. The van der Waals surface area contributed by atoms with Crippen LogP contribution in [0.2, 0.25) is 0 Å². The number of aliphatic hydroxyl groups is 2. The Bertz CT molecular complexity index is 1400. The Kier molecular flexibility index (Phi) is 25.1. The number of aliphatic carboxylic acids is 2. The number of carbonyl (C=O) groups is 8. The molecule has 0 heterocycles. The van der Waals surface area contributed by atoms with E-state index in [0.29, 0.717) is 25.8 Å². The topological polar surface area (TPSA) is 404 Å². The van der Waals surface area contributed by atoms with Gasteiger partial charge in [0.15, 0.2) is 5.96 Å². The molecule has 23 heteroatoms. The van der Waals surface area contributed by atoms with Crippen LogP contribution in [0.3, 0.4) is 0 Å². The van der Waals surface area contributed by atoms with Crippen molar-refractivity contribution in [3.63, 3.8) is 0 Å². The highest BCUT2D eigenvalue weighted by Gasteiger charge is 2.35. The highest BCUT2D eigenvalue weighted by atomic mass is 16.4. The first-order valence-corrected chi connectivity index (χ1v) is 19.1. The number of carboxylic acid groups (broad SMARTS) is 2. The zero-order valence-corrected chi connectivity index (χ0v) is 33.8. The van der Waals surface area contributed by atoms with Gasteiger partial charge in [0.2, 0.25) is 35.4 Å². The average molecular weight is 832 g/mol. The van der Waals surface area contributed by atoms with Crippen LogP contribution in [0.25, 0.3) is 0 Å². The first-order chi connectivity index (χ1) is 27.0. The van der Waals surface area contributed by atoms with Crippen molar-refractivity contribution in [3.05, 3.63) is 0 Å². The monoisotopic (exact) mass is 831 g/mol. The lowest BCUT2D eigenvalue weighted by atomic mass is 10.0. The van der Waals surface area contributed by atoms with Crippen LogP contribution >= 0.6 is 0 Å². The van der Waals surface area contributed by atoms with Crippen LogP contribution in [0, 0.1) is 17.2 Å². The highest BCUT2D eigenvalue weighted by Crippen LogP contribution is 2.10. The Morgan fingerprint density at radius 3 is 1.60 bits per heavy atom. The summed E-state index contributed by atoms with van der Waals surface area (Å²) >= 11 is 0. The summed E-state index contributed by atoms with van der Waals surface area (Å²) in [6, 6.07) is -10.1. The van der Waals surface area contributed by atoms with E-state index in [1.807, 2.05) is 0 Å². The van der Waals surface area contributed by atoms with Crippen LogP contribution < -0.4 is 54.4 Å². The summed E-state index contributed by atoms with van der Waals surface area (Å²) in [5.41, 5.74) is 16.8. The second-order valence-electron chi connectivity index (χ2n) is 14.7. The summed E-state index contributed by atoms with van der Waals surface area (Å²) in [7, 11) is 0. The van der Waals surface area contributed by atoms with Gasteiger partial charge in [0.1, 0.15) is 36.3 Å². The van der Waals surface area contributed by atoms with Gasteiger partial charge in [-0.25, -0.2) is 4.79 Å². The number of nitrogens with two attached hydrogens (primary N) is 3. The Labute approximate surface area is 337 Å². The van der Waals surface area contributed by atoms with Crippen molar-refractivity contribution in [2.45, 2.75) is 134 Å². The van der Waals surface area contributed by atoms with Gasteiger partial charge in [-0.15, -0.1) is 0 Å². The first kappa shape index (κ1) is 52.9. The van der Waals surface area contributed by atoms with Gasteiger partial charge >= 0.3 is 11.9 Å². The maximum Gasteiger partial charge on any atom is 0.326 e. The molecule has 0 aromatic heterocycles.